The van der Waals surface area contributed by atoms with Crippen LogP contribution in [0.5, 0.6) is 0 Å². The van der Waals surface area contributed by atoms with Crippen molar-refractivity contribution in [1.29, 1.82) is 0 Å². The zero-order valence-electron chi connectivity index (χ0n) is 2.37. The molecule has 0 amide bonds. The number of halogens is 1. The molecule has 0 aromatic rings. The summed E-state index contributed by atoms with van der Waals surface area (Å²) in [5.74, 6) is 0. The van der Waals surface area contributed by atoms with Crippen molar-refractivity contribution in [3.63, 3.8) is 0 Å². The van der Waals surface area contributed by atoms with Crippen molar-refractivity contribution in [2.75, 3.05) is 0 Å². The molecule has 0 nitrogen and oxygen atoms in total. The van der Waals surface area contributed by atoms with Gasteiger partial charge in [-0.3, -0.25) is 0 Å². The minimum atomic E-state index is 0. The number of hydrogen-bond acceptors (Lipinski definition) is 0. The maximum Gasteiger partial charge on any atom is 0 e. The molecule has 2 heteroatoms. The van der Waals surface area contributed by atoms with E-state index in [1.807, 2.05) is 0 Å². The zero-order valence-corrected chi connectivity index (χ0v) is 7.49. The summed E-state index contributed by atoms with van der Waals surface area (Å²) in [6, 6.07) is 0. The van der Waals surface area contributed by atoms with Crippen LogP contribution in [0.2, 0.25) is 0 Å². The van der Waals surface area contributed by atoms with Gasteiger partial charge in [-0.2, -0.15) is 0 Å². The molecule has 0 bridgehead atoms. The summed E-state index contributed by atoms with van der Waals surface area (Å²) in [4.78, 5) is 0. The van der Waals surface area contributed by atoms with Crippen molar-refractivity contribution in [3.05, 3.63) is 10.7 Å². The van der Waals surface area contributed by atoms with Gasteiger partial charge in [0.25, 0.3) is 0 Å². The fraction of sp³-hybridized carbons (Fsp3) is 0. The van der Waals surface area contributed by atoms with E-state index < -0.39 is 0 Å². The summed E-state index contributed by atoms with van der Waals surface area (Å²) in [7, 11) is 0. The van der Waals surface area contributed by atoms with E-state index >= 15 is 0 Å². The average molecular weight is 219 g/mol. The molecule has 0 aliphatic rings. The van der Waals surface area contributed by atoms with Crippen molar-refractivity contribution in [2.24, 2.45) is 0 Å². The second-order valence-electron chi connectivity index (χ2n) is 0.154. The molecule has 0 spiro atoms. The topological polar surface area (TPSA) is 0 Å². The molecule has 0 heterocycles. The van der Waals surface area contributed by atoms with Crippen LogP contribution in [0.1, 0.15) is 0 Å². The molecule has 0 N–H and O–H groups in total. The van der Waals surface area contributed by atoms with Crippen LogP contribution in [0.3, 0.4) is 0 Å². The molecule has 0 saturated heterocycles. The number of rotatable bonds is 0. The molecule has 0 saturated carbocycles. The van der Waals surface area contributed by atoms with Gasteiger partial charge in [-0.05, 0) is 4.08 Å². The molecule has 20 valence electrons. The Hall–Kier alpha value is 1.09. The minimum absolute atomic E-state index is 0. The Labute approximate surface area is 52.6 Å². The standard InChI is InChI=1S/C2H3I.Zn/c1-2-3;/h2H,1H2;. The van der Waals surface area contributed by atoms with Crippen molar-refractivity contribution in [2.45, 2.75) is 0 Å². The third kappa shape index (κ3) is 11.3. The van der Waals surface area contributed by atoms with Gasteiger partial charge in [-0.1, -0.05) is 29.2 Å². The van der Waals surface area contributed by atoms with Gasteiger partial charge in [-0.25, -0.2) is 0 Å². The summed E-state index contributed by atoms with van der Waals surface area (Å²) in [5.41, 5.74) is 0. The van der Waals surface area contributed by atoms with Crippen LogP contribution < -0.4 is 0 Å². The first-order valence-electron chi connectivity index (χ1n) is 0.626. The normalized spacial score (nSPS) is 3.25. The SMILES string of the molecule is C=CI.[Zn]. The van der Waals surface area contributed by atoms with Gasteiger partial charge < -0.3 is 0 Å². The van der Waals surface area contributed by atoms with Gasteiger partial charge in [0.05, 0.1) is 0 Å². The van der Waals surface area contributed by atoms with Crippen LogP contribution in [0, 0.1) is 0 Å². The van der Waals surface area contributed by atoms with Gasteiger partial charge in [0, 0.05) is 19.5 Å². The first-order valence-corrected chi connectivity index (χ1v) is 1.87. The third-order valence-electron chi connectivity index (χ3n) is 0. The van der Waals surface area contributed by atoms with E-state index in [-0.39, 0.29) is 19.5 Å². The summed E-state index contributed by atoms with van der Waals surface area (Å²) in [5, 5.41) is 0. The van der Waals surface area contributed by atoms with Crippen molar-refractivity contribution >= 4 is 22.6 Å². The average Bonchev–Trinajstić information content (AvgIpc) is 0.918. The molecule has 0 unspecified atom stereocenters. The van der Waals surface area contributed by atoms with Gasteiger partial charge >= 0.3 is 0 Å². The van der Waals surface area contributed by atoms with Crippen molar-refractivity contribution < 1.29 is 19.5 Å². The fourth-order valence-electron chi connectivity index (χ4n) is 0. The van der Waals surface area contributed by atoms with E-state index in [0.29, 0.717) is 0 Å². The van der Waals surface area contributed by atoms with Crippen LogP contribution >= 0.6 is 22.6 Å². The Bertz CT molecular complexity index is 13.5. The van der Waals surface area contributed by atoms with Gasteiger partial charge in [-0.15, -0.1) is 0 Å². The Morgan fingerprint density at radius 3 is 1.75 bits per heavy atom. The van der Waals surface area contributed by atoms with Crippen LogP contribution in [0.15, 0.2) is 10.7 Å². The largest absolute Gasteiger partial charge is 0.0930 e. The van der Waals surface area contributed by atoms with E-state index in [1.54, 1.807) is 4.08 Å². The van der Waals surface area contributed by atoms with Crippen LogP contribution in [0.4, 0.5) is 0 Å². The van der Waals surface area contributed by atoms with E-state index in [2.05, 4.69) is 29.2 Å². The smallest absolute Gasteiger partial charge is 0 e. The summed E-state index contributed by atoms with van der Waals surface area (Å²) in [6.45, 7) is 3.35. The van der Waals surface area contributed by atoms with Crippen molar-refractivity contribution in [3.8, 4) is 0 Å². The van der Waals surface area contributed by atoms with Crippen LogP contribution in [-0.2, 0) is 19.5 Å². The second-order valence-corrected chi connectivity index (χ2v) is 1.04. The zero-order chi connectivity index (χ0) is 2.71. The molecule has 0 radical (unpaired) electrons. The Morgan fingerprint density at radius 1 is 1.75 bits per heavy atom. The van der Waals surface area contributed by atoms with E-state index in [9.17, 15) is 0 Å². The Morgan fingerprint density at radius 2 is 1.75 bits per heavy atom. The quantitative estimate of drug-likeness (QED) is 0.428. The molecule has 0 aromatic carbocycles. The predicted molar refractivity (Wildman–Crippen MR) is 24.2 cm³/mol. The molecular formula is C2H3IZn. The first kappa shape index (κ1) is 8.92. The molecule has 0 aliphatic heterocycles. The molecule has 0 atom stereocenters. The minimum Gasteiger partial charge on any atom is -0.0930 e. The Balaban J connectivity index is 0. The van der Waals surface area contributed by atoms with Gasteiger partial charge in [0.15, 0.2) is 0 Å². The molecule has 0 fully saturated rings. The predicted octanol–water partition coefficient (Wildman–Crippen LogP) is 1.56. The van der Waals surface area contributed by atoms with Crippen LogP contribution in [-0.4, -0.2) is 0 Å². The molecule has 0 aliphatic carbocycles. The molecular weight excluding hydrogens is 216 g/mol. The van der Waals surface area contributed by atoms with Gasteiger partial charge in [0.2, 0.25) is 0 Å². The second kappa shape index (κ2) is 8.94. The molecule has 0 rings (SSSR count). The molecule has 0 aromatic heterocycles. The van der Waals surface area contributed by atoms with Crippen LogP contribution in [0.25, 0.3) is 0 Å². The fourth-order valence-corrected chi connectivity index (χ4v) is 0. The molecule has 4 heavy (non-hydrogen) atoms. The summed E-state index contributed by atoms with van der Waals surface area (Å²) >= 11 is 2.05. The van der Waals surface area contributed by atoms with E-state index in [1.165, 1.54) is 0 Å². The summed E-state index contributed by atoms with van der Waals surface area (Å²) < 4.78 is 1.72. The van der Waals surface area contributed by atoms with Gasteiger partial charge in [0.1, 0.15) is 0 Å². The Kier molecular flexibility index (Phi) is 19.9. The van der Waals surface area contributed by atoms with E-state index in [4.69, 9.17) is 0 Å². The first-order chi connectivity index (χ1) is 1.41. The monoisotopic (exact) mass is 218 g/mol. The van der Waals surface area contributed by atoms with E-state index in [0.717, 1.165) is 0 Å². The third-order valence-corrected chi connectivity index (χ3v) is 0. The maximum atomic E-state index is 3.35. The van der Waals surface area contributed by atoms with Crippen molar-refractivity contribution in [1.82, 2.24) is 0 Å². The number of hydrogen-bond donors (Lipinski definition) is 0. The maximum absolute atomic E-state index is 3.35. The summed E-state index contributed by atoms with van der Waals surface area (Å²) in [6.07, 6.45) is 0.